The summed E-state index contributed by atoms with van der Waals surface area (Å²) >= 11 is 6.16. The second-order valence-electron chi connectivity index (χ2n) is 7.42. The third-order valence-corrected chi connectivity index (χ3v) is 6.99. The molecular formula is C23H24ClN3O4S. The molecule has 7 nitrogen and oxygen atoms in total. The maximum absolute atomic E-state index is 13.2. The Labute approximate surface area is 193 Å². The average Bonchev–Trinajstić information content (AvgIpc) is 3.31. The van der Waals surface area contributed by atoms with Gasteiger partial charge in [0.2, 0.25) is 10.0 Å². The van der Waals surface area contributed by atoms with E-state index in [1.54, 1.807) is 30.3 Å². The van der Waals surface area contributed by atoms with Crippen molar-refractivity contribution in [3.63, 3.8) is 0 Å². The van der Waals surface area contributed by atoms with Gasteiger partial charge in [0.05, 0.1) is 22.8 Å². The highest BCUT2D eigenvalue weighted by atomic mass is 35.5. The minimum absolute atomic E-state index is 0.0313. The van der Waals surface area contributed by atoms with E-state index < -0.39 is 10.0 Å². The van der Waals surface area contributed by atoms with E-state index in [0.717, 1.165) is 18.4 Å². The zero-order valence-electron chi connectivity index (χ0n) is 17.5. The standard InChI is InChI=1S/C23H24ClN3O4S/c1-2-11-27(16-18-7-5-17(14-25)6-8-18)23(28)19-9-10-21(24)22(13-19)32(29,30)26-15-20-4-3-12-31-20/h2,5-10,13,20,26H,1,3-4,11-12,15-16H2. The van der Waals surface area contributed by atoms with E-state index in [-0.39, 0.29) is 47.1 Å². The van der Waals surface area contributed by atoms with Gasteiger partial charge in [-0.15, -0.1) is 6.58 Å². The number of hydrogen-bond acceptors (Lipinski definition) is 5. The highest BCUT2D eigenvalue weighted by Crippen LogP contribution is 2.24. The third-order valence-electron chi connectivity index (χ3n) is 5.09. The number of nitriles is 1. The summed E-state index contributed by atoms with van der Waals surface area (Å²) in [6.45, 7) is 5.02. The van der Waals surface area contributed by atoms with Crippen LogP contribution in [0.3, 0.4) is 0 Å². The lowest BCUT2D eigenvalue weighted by atomic mass is 10.1. The number of nitrogens with one attached hydrogen (secondary N) is 1. The van der Waals surface area contributed by atoms with Crippen molar-refractivity contribution in [2.24, 2.45) is 0 Å². The Kier molecular flexibility index (Phi) is 8.04. The molecule has 0 saturated carbocycles. The Morgan fingerprint density at radius 2 is 2.06 bits per heavy atom. The van der Waals surface area contributed by atoms with Gasteiger partial charge >= 0.3 is 0 Å². The van der Waals surface area contributed by atoms with E-state index in [2.05, 4.69) is 17.4 Å². The van der Waals surface area contributed by atoms with Gasteiger partial charge in [0.1, 0.15) is 4.90 Å². The van der Waals surface area contributed by atoms with Crippen LogP contribution in [0.1, 0.15) is 34.3 Å². The van der Waals surface area contributed by atoms with Gasteiger partial charge in [-0.25, -0.2) is 13.1 Å². The zero-order chi connectivity index (χ0) is 23.1. The molecule has 1 heterocycles. The Hall–Kier alpha value is -2.70. The van der Waals surface area contributed by atoms with E-state index in [9.17, 15) is 13.2 Å². The van der Waals surface area contributed by atoms with Crippen LogP contribution in [-0.2, 0) is 21.3 Å². The predicted molar refractivity (Wildman–Crippen MR) is 122 cm³/mol. The zero-order valence-corrected chi connectivity index (χ0v) is 19.0. The first kappa shape index (κ1) is 24.0. The molecule has 1 amide bonds. The van der Waals surface area contributed by atoms with Crippen LogP contribution in [0.25, 0.3) is 0 Å². The number of amides is 1. The van der Waals surface area contributed by atoms with Gasteiger partial charge in [-0.3, -0.25) is 4.79 Å². The molecule has 0 radical (unpaired) electrons. The van der Waals surface area contributed by atoms with Crippen molar-refractivity contribution in [2.45, 2.75) is 30.4 Å². The molecule has 2 aromatic carbocycles. The molecule has 1 fully saturated rings. The van der Waals surface area contributed by atoms with Crippen LogP contribution in [0.2, 0.25) is 5.02 Å². The number of nitrogens with zero attached hydrogens (tertiary/aromatic N) is 2. The summed E-state index contributed by atoms with van der Waals surface area (Å²) in [7, 11) is -3.92. The van der Waals surface area contributed by atoms with E-state index in [1.807, 2.05) is 0 Å². The Bertz CT molecular complexity index is 1120. The van der Waals surface area contributed by atoms with Crippen LogP contribution in [0, 0.1) is 11.3 Å². The van der Waals surface area contributed by atoms with Crippen molar-refractivity contribution >= 4 is 27.5 Å². The summed E-state index contributed by atoms with van der Waals surface area (Å²) in [6.07, 6.45) is 3.12. The van der Waals surface area contributed by atoms with Gasteiger partial charge in [0, 0.05) is 31.8 Å². The normalized spacial score (nSPS) is 15.8. The number of rotatable bonds is 9. The molecule has 1 saturated heterocycles. The first-order valence-electron chi connectivity index (χ1n) is 10.1. The number of halogens is 1. The summed E-state index contributed by atoms with van der Waals surface area (Å²) in [5, 5.41) is 8.98. The molecule has 2 aromatic rings. The van der Waals surface area contributed by atoms with Gasteiger partial charge in [-0.05, 0) is 48.7 Å². The quantitative estimate of drug-likeness (QED) is 0.562. The minimum Gasteiger partial charge on any atom is -0.377 e. The van der Waals surface area contributed by atoms with Crippen molar-refractivity contribution in [3.8, 4) is 6.07 Å². The molecule has 32 heavy (non-hydrogen) atoms. The van der Waals surface area contributed by atoms with E-state index in [4.69, 9.17) is 21.6 Å². The Morgan fingerprint density at radius 3 is 2.69 bits per heavy atom. The highest BCUT2D eigenvalue weighted by molar-refractivity contribution is 7.89. The van der Waals surface area contributed by atoms with Gasteiger partial charge in [0.15, 0.2) is 0 Å². The molecule has 1 aliphatic heterocycles. The summed E-state index contributed by atoms with van der Waals surface area (Å²) in [6, 6.07) is 13.2. The summed E-state index contributed by atoms with van der Waals surface area (Å²) in [5.41, 5.74) is 1.56. The van der Waals surface area contributed by atoms with E-state index in [1.165, 1.54) is 23.1 Å². The number of carbonyl (C=O) groups excluding carboxylic acids is 1. The lowest BCUT2D eigenvalue weighted by molar-refractivity contribution is 0.0762. The van der Waals surface area contributed by atoms with Gasteiger partial charge in [-0.2, -0.15) is 5.26 Å². The fraction of sp³-hybridized carbons (Fsp3) is 0.304. The second-order valence-corrected chi connectivity index (χ2v) is 9.56. The van der Waals surface area contributed by atoms with Crippen molar-refractivity contribution in [3.05, 3.63) is 76.8 Å². The lowest BCUT2D eigenvalue weighted by Gasteiger charge is -2.22. The summed E-state index contributed by atoms with van der Waals surface area (Å²) < 4.78 is 33.6. The fourth-order valence-electron chi connectivity index (χ4n) is 3.39. The molecule has 9 heteroatoms. The van der Waals surface area contributed by atoms with E-state index in [0.29, 0.717) is 12.2 Å². The SMILES string of the molecule is C=CCN(Cc1ccc(C#N)cc1)C(=O)c1ccc(Cl)c(S(=O)(=O)NCC2CCCO2)c1. The monoisotopic (exact) mass is 473 g/mol. The third kappa shape index (κ3) is 5.96. The number of hydrogen-bond donors (Lipinski definition) is 1. The molecular weight excluding hydrogens is 450 g/mol. The fourth-order valence-corrected chi connectivity index (χ4v) is 4.98. The highest BCUT2D eigenvalue weighted by Gasteiger charge is 2.24. The number of sulfonamides is 1. The van der Waals surface area contributed by atoms with Crippen molar-refractivity contribution in [1.29, 1.82) is 5.26 Å². The van der Waals surface area contributed by atoms with Crippen LogP contribution >= 0.6 is 11.6 Å². The molecule has 1 atom stereocenters. The molecule has 0 bridgehead atoms. The molecule has 1 unspecified atom stereocenters. The van der Waals surface area contributed by atoms with Crippen LogP contribution in [0.15, 0.2) is 60.0 Å². The van der Waals surface area contributed by atoms with Gasteiger partial charge in [-0.1, -0.05) is 29.8 Å². The Morgan fingerprint density at radius 1 is 1.31 bits per heavy atom. The molecule has 3 rings (SSSR count). The predicted octanol–water partition coefficient (Wildman–Crippen LogP) is 3.50. The topological polar surface area (TPSA) is 99.5 Å². The summed E-state index contributed by atoms with van der Waals surface area (Å²) in [5.74, 6) is -0.360. The van der Waals surface area contributed by atoms with Gasteiger partial charge in [0.25, 0.3) is 5.91 Å². The first-order valence-corrected chi connectivity index (χ1v) is 12.0. The second kappa shape index (κ2) is 10.7. The first-order chi connectivity index (χ1) is 15.3. The molecule has 0 aliphatic carbocycles. The largest absolute Gasteiger partial charge is 0.377 e. The maximum Gasteiger partial charge on any atom is 0.254 e. The molecule has 0 spiro atoms. The molecule has 0 aromatic heterocycles. The number of ether oxygens (including phenoxy) is 1. The number of carbonyl (C=O) groups is 1. The van der Waals surface area contributed by atoms with Crippen molar-refractivity contribution in [2.75, 3.05) is 19.7 Å². The molecule has 1 N–H and O–H groups in total. The molecule has 1 aliphatic rings. The van der Waals surface area contributed by atoms with E-state index >= 15 is 0 Å². The van der Waals surface area contributed by atoms with Crippen LogP contribution in [0.4, 0.5) is 0 Å². The van der Waals surface area contributed by atoms with Crippen LogP contribution in [-0.4, -0.2) is 45.0 Å². The smallest absolute Gasteiger partial charge is 0.254 e. The Balaban J connectivity index is 1.80. The maximum atomic E-state index is 13.2. The average molecular weight is 474 g/mol. The van der Waals surface area contributed by atoms with Crippen molar-refractivity contribution in [1.82, 2.24) is 9.62 Å². The van der Waals surface area contributed by atoms with Gasteiger partial charge < -0.3 is 9.64 Å². The lowest BCUT2D eigenvalue weighted by Crippen LogP contribution is -2.33. The summed E-state index contributed by atoms with van der Waals surface area (Å²) in [4.78, 5) is 14.5. The minimum atomic E-state index is -3.92. The number of benzene rings is 2. The molecule has 168 valence electrons. The van der Waals surface area contributed by atoms with Crippen molar-refractivity contribution < 1.29 is 17.9 Å². The van der Waals surface area contributed by atoms with Crippen LogP contribution < -0.4 is 4.72 Å². The van der Waals surface area contributed by atoms with Crippen LogP contribution in [0.5, 0.6) is 0 Å².